The third-order valence-corrected chi connectivity index (χ3v) is 8.10. The molecule has 3 amide bonds. The van der Waals surface area contributed by atoms with Gasteiger partial charge in [0.25, 0.3) is 5.91 Å². The van der Waals surface area contributed by atoms with Crippen molar-refractivity contribution in [3.8, 4) is 0 Å². The maximum atomic E-state index is 13.9. The molecule has 218 valence electrons. The van der Waals surface area contributed by atoms with Crippen molar-refractivity contribution in [1.29, 1.82) is 0 Å². The Morgan fingerprint density at radius 3 is 2.63 bits per heavy atom. The molecule has 2 fully saturated rings. The molecule has 0 saturated carbocycles. The van der Waals surface area contributed by atoms with Gasteiger partial charge in [-0.05, 0) is 58.4 Å². The van der Waals surface area contributed by atoms with Gasteiger partial charge >= 0.3 is 12.2 Å². The van der Waals surface area contributed by atoms with Crippen LogP contribution in [0.4, 0.5) is 26.0 Å². The number of likely N-dealkylation sites (tertiary alicyclic amines) is 1. The van der Waals surface area contributed by atoms with Crippen LogP contribution in [-0.4, -0.2) is 82.9 Å². The van der Waals surface area contributed by atoms with Gasteiger partial charge in [0.2, 0.25) is 0 Å². The predicted molar refractivity (Wildman–Crippen MR) is 158 cm³/mol. The molecule has 0 spiro atoms. The summed E-state index contributed by atoms with van der Waals surface area (Å²) in [5, 5.41) is 17.8. The molecule has 12 nitrogen and oxygen atoms in total. The van der Waals surface area contributed by atoms with E-state index in [-0.39, 0.29) is 11.6 Å². The molecule has 41 heavy (non-hydrogen) atoms. The molecule has 5 rings (SSSR count). The van der Waals surface area contributed by atoms with Crippen LogP contribution >= 0.6 is 11.3 Å². The standard InChI is InChI=1S/C28H35N7O5S/c1-28(2,3)40-27(39)33-25-22(23-21(41-25)10-16(11-30-23)17-13-34(4)14-17)24(36)32-19-12-29-8-7-20(19)35-9-5-6-18(15-35)31-26(37)38/h7-8,10-12,17-18,31H,5-6,9,13-15H2,1-4H3,(H,32,36)(H,33,39)(H,37,38)/t18-/m0/s1. The van der Waals surface area contributed by atoms with Gasteiger partial charge in [-0.25, -0.2) is 9.59 Å². The van der Waals surface area contributed by atoms with Crippen molar-refractivity contribution in [2.45, 2.75) is 51.2 Å². The van der Waals surface area contributed by atoms with Crippen molar-refractivity contribution >= 4 is 56.0 Å². The van der Waals surface area contributed by atoms with Gasteiger partial charge in [0, 0.05) is 50.5 Å². The van der Waals surface area contributed by atoms with Crippen LogP contribution in [0.2, 0.25) is 0 Å². The highest BCUT2D eigenvalue weighted by Gasteiger charge is 2.29. The molecule has 0 bridgehead atoms. The monoisotopic (exact) mass is 581 g/mol. The number of carboxylic acid groups (broad SMARTS) is 1. The fraction of sp³-hybridized carbons (Fsp3) is 0.464. The fourth-order valence-corrected chi connectivity index (χ4v) is 6.35. The number of anilines is 3. The molecule has 0 unspecified atom stereocenters. The van der Waals surface area contributed by atoms with Crippen LogP contribution in [0, 0.1) is 0 Å². The molecule has 5 heterocycles. The van der Waals surface area contributed by atoms with Crippen LogP contribution in [0.1, 0.15) is 55.5 Å². The molecule has 0 radical (unpaired) electrons. The quantitative estimate of drug-likeness (QED) is 0.329. The van der Waals surface area contributed by atoms with Crippen LogP contribution in [-0.2, 0) is 4.74 Å². The first-order chi connectivity index (χ1) is 19.5. The number of piperidine rings is 1. The Hall–Kier alpha value is -3.97. The second-order valence-corrected chi connectivity index (χ2v) is 12.6. The number of carbonyl (C=O) groups excluding carboxylic acids is 2. The predicted octanol–water partition coefficient (Wildman–Crippen LogP) is 4.56. The fourth-order valence-electron chi connectivity index (χ4n) is 5.25. The normalized spacial score (nSPS) is 18.0. The molecule has 2 aliphatic heterocycles. The summed E-state index contributed by atoms with van der Waals surface area (Å²) in [6.07, 6.45) is 4.81. The zero-order chi connectivity index (χ0) is 29.3. The van der Waals surface area contributed by atoms with Crippen molar-refractivity contribution in [3.63, 3.8) is 0 Å². The van der Waals surface area contributed by atoms with Gasteiger partial charge in [0.05, 0.1) is 27.8 Å². The topological polar surface area (TPSA) is 149 Å². The van der Waals surface area contributed by atoms with E-state index in [0.717, 1.165) is 41.9 Å². The van der Waals surface area contributed by atoms with Gasteiger partial charge in [-0.2, -0.15) is 0 Å². The number of carbonyl (C=O) groups is 3. The Morgan fingerprint density at radius 1 is 1.15 bits per heavy atom. The van der Waals surface area contributed by atoms with E-state index in [2.05, 4.69) is 37.9 Å². The first-order valence-corrected chi connectivity index (χ1v) is 14.4. The van der Waals surface area contributed by atoms with E-state index in [1.807, 2.05) is 11.0 Å². The summed E-state index contributed by atoms with van der Waals surface area (Å²) in [4.78, 5) is 50.9. The van der Waals surface area contributed by atoms with E-state index in [1.165, 1.54) is 11.3 Å². The molecule has 3 aromatic rings. The lowest BCUT2D eigenvalue weighted by atomic mass is 9.93. The number of thiophene rings is 1. The number of aromatic nitrogens is 2. The summed E-state index contributed by atoms with van der Waals surface area (Å²) in [6.45, 7) is 8.38. The Kier molecular flexibility index (Phi) is 8.00. The van der Waals surface area contributed by atoms with Crippen molar-refractivity contribution in [2.75, 3.05) is 48.8 Å². The molecule has 0 aliphatic carbocycles. The van der Waals surface area contributed by atoms with Crippen molar-refractivity contribution in [2.24, 2.45) is 0 Å². The number of nitrogens with one attached hydrogen (secondary N) is 3. The third-order valence-electron chi connectivity index (χ3n) is 7.06. The molecule has 13 heteroatoms. The van der Waals surface area contributed by atoms with Crippen molar-refractivity contribution in [1.82, 2.24) is 20.2 Å². The molecular weight excluding hydrogens is 546 g/mol. The molecular formula is C28H35N7O5S. The lowest BCUT2D eigenvalue weighted by molar-refractivity contribution is 0.0636. The summed E-state index contributed by atoms with van der Waals surface area (Å²) in [7, 11) is 2.07. The zero-order valence-corrected chi connectivity index (χ0v) is 24.4. The smallest absolute Gasteiger partial charge is 0.412 e. The number of likely N-dealkylation sites (N-methyl/N-ethyl adjacent to an activating group) is 1. The molecule has 2 aliphatic rings. The minimum absolute atomic E-state index is 0.225. The molecule has 2 saturated heterocycles. The Balaban J connectivity index is 1.45. The van der Waals surface area contributed by atoms with Crippen molar-refractivity contribution < 1.29 is 24.2 Å². The highest BCUT2D eigenvalue weighted by molar-refractivity contribution is 7.23. The Labute approximate surface area is 242 Å². The molecule has 3 aromatic heterocycles. The summed E-state index contributed by atoms with van der Waals surface area (Å²) in [5.41, 5.74) is 2.32. The maximum absolute atomic E-state index is 13.9. The first kappa shape index (κ1) is 28.6. The maximum Gasteiger partial charge on any atom is 0.412 e. The second kappa shape index (κ2) is 11.5. The van der Waals surface area contributed by atoms with E-state index in [9.17, 15) is 19.5 Å². The summed E-state index contributed by atoms with van der Waals surface area (Å²) < 4.78 is 6.25. The van der Waals surface area contributed by atoms with E-state index < -0.39 is 23.7 Å². The van der Waals surface area contributed by atoms with Crippen LogP contribution in [0.25, 0.3) is 10.2 Å². The summed E-state index contributed by atoms with van der Waals surface area (Å²) in [5.74, 6) is -0.0714. The van der Waals surface area contributed by atoms with Crippen LogP contribution in [0.5, 0.6) is 0 Å². The lowest BCUT2D eigenvalue weighted by Crippen LogP contribution is -2.47. The average molecular weight is 582 g/mol. The Bertz CT molecular complexity index is 1460. The SMILES string of the molecule is CN1CC(c2cnc3c(C(=O)Nc4cnccc4N4CCC[C@H](NC(=O)O)C4)c(NC(=O)OC(C)(C)C)sc3c2)C1. The van der Waals surface area contributed by atoms with E-state index >= 15 is 0 Å². The van der Waals surface area contributed by atoms with Crippen molar-refractivity contribution in [3.05, 3.63) is 41.9 Å². The van der Waals surface area contributed by atoms with Gasteiger partial charge < -0.3 is 30.3 Å². The van der Waals surface area contributed by atoms with E-state index in [0.29, 0.717) is 35.2 Å². The number of ether oxygens (including phenoxy) is 1. The minimum Gasteiger partial charge on any atom is -0.465 e. The van der Waals surface area contributed by atoms with Gasteiger partial charge in [-0.1, -0.05) is 0 Å². The van der Waals surface area contributed by atoms with Gasteiger partial charge in [-0.3, -0.25) is 20.1 Å². The number of amides is 3. The van der Waals surface area contributed by atoms with E-state index in [4.69, 9.17) is 4.74 Å². The number of hydrogen-bond donors (Lipinski definition) is 4. The number of pyridine rings is 2. The van der Waals surface area contributed by atoms with Gasteiger partial charge in [-0.15, -0.1) is 11.3 Å². The first-order valence-electron chi connectivity index (χ1n) is 13.6. The average Bonchev–Trinajstić information content (AvgIpc) is 3.22. The third kappa shape index (κ3) is 6.68. The highest BCUT2D eigenvalue weighted by Crippen LogP contribution is 2.38. The Morgan fingerprint density at radius 2 is 1.93 bits per heavy atom. The van der Waals surface area contributed by atoms with E-state index in [1.54, 1.807) is 45.4 Å². The number of nitrogens with zero attached hydrogens (tertiary/aromatic N) is 4. The van der Waals surface area contributed by atoms with Crippen LogP contribution in [0.15, 0.2) is 30.7 Å². The number of hydrogen-bond acceptors (Lipinski definition) is 9. The minimum atomic E-state index is -1.06. The second-order valence-electron chi connectivity index (χ2n) is 11.5. The van der Waals surface area contributed by atoms with Crippen LogP contribution < -0.4 is 20.9 Å². The number of fused-ring (bicyclic) bond motifs is 1. The molecule has 1 atom stereocenters. The molecule has 4 N–H and O–H groups in total. The molecule has 0 aromatic carbocycles. The summed E-state index contributed by atoms with van der Waals surface area (Å²) >= 11 is 1.28. The zero-order valence-electron chi connectivity index (χ0n) is 23.6. The van der Waals surface area contributed by atoms with Gasteiger partial charge in [0.15, 0.2) is 0 Å². The number of rotatable bonds is 6. The largest absolute Gasteiger partial charge is 0.465 e. The summed E-state index contributed by atoms with van der Waals surface area (Å²) in [6, 6.07) is 3.61. The van der Waals surface area contributed by atoms with Gasteiger partial charge in [0.1, 0.15) is 16.2 Å². The highest BCUT2D eigenvalue weighted by atomic mass is 32.1. The lowest BCUT2D eigenvalue weighted by Gasteiger charge is -2.36. The van der Waals surface area contributed by atoms with Crippen LogP contribution in [0.3, 0.4) is 0 Å².